The van der Waals surface area contributed by atoms with Crippen LogP contribution in [0.5, 0.6) is 5.75 Å². The van der Waals surface area contributed by atoms with Gasteiger partial charge in [-0.3, -0.25) is 4.79 Å². The molecule has 0 saturated carbocycles. The molecule has 0 aromatic heterocycles. The summed E-state index contributed by atoms with van der Waals surface area (Å²) >= 11 is 0. The predicted molar refractivity (Wildman–Crippen MR) is 79.7 cm³/mol. The molecular formula is C16H23FN2O2. The first kappa shape index (κ1) is 15.8. The van der Waals surface area contributed by atoms with Crippen molar-refractivity contribution in [1.29, 1.82) is 0 Å². The van der Waals surface area contributed by atoms with Crippen molar-refractivity contribution in [1.82, 2.24) is 4.90 Å². The molecule has 1 fully saturated rings. The number of amides is 1. The number of carbonyl (C=O) groups is 1. The summed E-state index contributed by atoms with van der Waals surface area (Å²) < 4.78 is 18.8. The largest absolute Gasteiger partial charge is 0.483 e. The van der Waals surface area contributed by atoms with Crippen molar-refractivity contribution in [3.05, 3.63) is 29.6 Å². The molecule has 0 unspecified atom stereocenters. The smallest absolute Gasteiger partial charge is 0.260 e. The van der Waals surface area contributed by atoms with Crippen molar-refractivity contribution in [2.75, 3.05) is 26.2 Å². The van der Waals surface area contributed by atoms with Gasteiger partial charge in [-0.05, 0) is 49.6 Å². The molecule has 21 heavy (non-hydrogen) atoms. The summed E-state index contributed by atoms with van der Waals surface area (Å²) in [5.41, 5.74) is 6.23. The van der Waals surface area contributed by atoms with E-state index in [0.717, 1.165) is 25.9 Å². The van der Waals surface area contributed by atoms with Crippen LogP contribution in [0.3, 0.4) is 0 Å². The lowest BCUT2D eigenvalue weighted by Crippen LogP contribution is -2.35. The Morgan fingerprint density at radius 1 is 1.24 bits per heavy atom. The zero-order valence-corrected chi connectivity index (χ0v) is 12.3. The van der Waals surface area contributed by atoms with Crippen LogP contribution in [0, 0.1) is 5.82 Å². The fourth-order valence-corrected chi connectivity index (χ4v) is 2.59. The number of hydrogen-bond donors (Lipinski definition) is 1. The van der Waals surface area contributed by atoms with Crippen LogP contribution in [-0.2, 0) is 11.2 Å². The third kappa shape index (κ3) is 4.70. The summed E-state index contributed by atoms with van der Waals surface area (Å²) in [4.78, 5) is 14.0. The second kappa shape index (κ2) is 7.98. The lowest BCUT2D eigenvalue weighted by molar-refractivity contribution is -0.133. The van der Waals surface area contributed by atoms with Crippen LogP contribution in [0.15, 0.2) is 18.2 Å². The van der Waals surface area contributed by atoms with Crippen molar-refractivity contribution < 1.29 is 13.9 Å². The predicted octanol–water partition coefficient (Wildman–Crippen LogP) is 2.11. The van der Waals surface area contributed by atoms with E-state index in [9.17, 15) is 9.18 Å². The van der Waals surface area contributed by atoms with Gasteiger partial charge in [0.1, 0.15) is 11.6 Å². The molecule has 0 atom stereocenters. The lowest BCUT2D eigenvalue weighted by atomic mass is 10.1. The van der Waals surface area contributed by atoms with Gasteiger partial charge in [0.2, 0.25) is 0 Å². The van der Waals surface area contributed by atoms with E-state index in [1.54, 1.807) is 6.07 Å². The minimum absolute atomic E-state index is 0.0000709. The third-order valence-corrected chi connectivity index (χ3v) is 3.75. The first-order valence-corrected chi connectivity index (χ1v) is 7.60. The highest BCUT2D eigenvalue weighted by Gasteiger charge is 2.16. The molecule has 1 aliphatic rings. The maximum absolute atomic E-state index is 13.2. The summed E-state index contributed by atoms with van der Waals surface area (Å²) in [7, 11) is 0. The van der Waals surface area contributed by atoms with Gasteiger partial charge >= 0.3 is 0 Å². The van der Waals surface area contributed by atoms with Crippen LogP contribution in [-0.4, -0.2) is 37.0 Å². The number of nitrogens with zero attached hydrogens (tertiary/aromatic N) is 1. The number of nitrogens with two attached hydrogens (primary N) is 1. The van der Waals surface area contributed by atoms with Gasteiger partial charge in [0.05, 0.1) is 0 Å². The minimum Gasteiger partial charge on any atom is -0.483 e. The highest BCUT2D eigenvalue weighted by Crippen LogP contribution is 2.20. The topological polar surface area (TPSA) is 55.6 Å². The molecule has 4 nitrogen and oxygen atoms in total. The van der Waals surface area contributed by atoms with Gasteiger partial charge < -0.3 is 15.4 Å². The Bertz CT molecular complexity index is 471. The van der Waals surface area contributed by atoms with Gasteiger partial charge in [0, 0.05) is 13.1 Å². The number of hydrogen-bond acceptors (Lipinski definition) is 3. The molecule has 0 radical (unpaired) electrons. The number of carbonyl (C=O) groups excluding carboxylic acids is 1. The number of benzene rings is 1. The van der Waals surface area contributed by atoms with Gasteiger partial charge in [-0.1, -0.05) is 12.8 Å². The molecule has 0 aliphatic carbocycles. The van der Waals surface area contributed by atoms with E-state index < -0.39 is 0 Å². The molecule has 1 aromatic carbocycles. The Labute approximate surface area is 125 Å². The fraction of sp³-hybridized carbons (Fsp3) is 0.562. The van der Waals surface area contributed by atoms with Crippen molar-refractivity contribution in [2.24, 2.45) is 5.73 Å². The van der Waals surface area contributed by atoms with Crippen LogP contribution < -0.4 is 10.5 Å². The first-order valence-electron chi connectivity index (χ1n) is 7.60. The zero-order valence-electron chi connectivity index (χ0n) is 12.3. The number of rotatable bonds is 5. The highest BCUT2D eigenvalue weighted by atomic mass is 19.1. The molecule has 1 aromatic rings. The van der Waals surface area contributed by atoms with E-state index in [1.807, 2.05) is 4.90 Å². The maximum Gasteiger partial charge on any atom is 0.260 e. The van der Waals surface area contributed by atoms with Gasteiger partial charge in [0.25, 0.3) is 5.91 Å². The Morgan fingerprint density at radius 2 is 1.95 bits per heavy atom. The summed E-state index contributed by atoms with van der Waals surface area (Å²) in [5, 5.41) is 0. The minimum atomic E-state index is -0.315. The summed E-state index contributed by atoms with van der Waals surface area (Å²) in [6, 6.07) is 4.32. The molecule has 1 saturated heterocycles. The van der Waals surface area contributed by atoms with Crippen LogP contribution in [0.4, 0.5) is 4.39 Å². The molecule has 5 heteroatoms. The van der Waals surface area contributed by atoms with E-state index >= 15 is 0 Å². The molecule has 2 N–H and O–H groups in total. The van der Waals surface area contributed by atoms with E-state index in [4.69, 9.17) is 10.5 Å². The maximum atomic E-state index is 13.2. The van der Waals surface area contributed by atoms with Crippen LogP contribution in [0.25, 0.3) is 0 Å². The standard InChI is InChI=1S/C16H23FN2O2/c17-14-5-6-15(13(11-14)7-8-18)21-12-16(20)19-9-3-1-2-4-10-19/h5-6,11H,1-4,7-10,12,18H2. The number of halogens is 1. The van der Waals surface area contributed by atoms with Gasteiger partial charge in [-0.15, -0.1) is 0 Å². The van der Waals surface area contributed by atoms with Crippen molar-refractivity contribution >= 4 is 5.91 Å². The van der Waals surface area contributed by atoms with Crippen LogP contribution in [0.2, 0.25) is 0 Å². The normalized spacial score (nSPS) is 15.6. The second-order valence-electron chi connectivity index (χ2n) is 5.37. The second-order valence-corrected chi connectivity index (χ2v) is 5.37. The molecule has 1 amide bonds. The molecule has 1 aliphatic heterocycles. The Balaban J connectivity index is 1.93. The monoisotopic (exact) mass is 294 g/mol. The fourth-order valence-electron chi connectivity index (χ4n) is 2.59. The molecule has 0 spiro atoms. The van der Waals surface area contributed by atoms with Gasteiger partial charge in [-0.25, -0.2) is 4.39 Å². The molecule has 0 bridgehead atoms. The average Bonchev–Trinajstić information content (AvgIpc) is 2.75. The Hall–Kier alpha value is -1.62. The zero-order chi connectivity index (χ0) is 15.1. The van der Waals surface area contributed by atoms with Crippen molar-refractivity contribution in [3.63, 3.8) is 0 Å². The highest BCUT2D eigenvalue weighted by molar-refractivity contribution is 5.77. The Morgan fingerprint density at radius 3 is 2.62 bits per heavy atom. The molecule has 2 rings (SSSR count). The lowest BCUT2D eigenvalue weighted by Gasteiger charge is -2.20. The van der Waals surface area contributed by atoms with E-state index in [0.29, 0.717) is 24.3 Å². The Kier molecular flexibility index (Phi) is 5.99. The van der Waals surface area contributed by atoms with E-state index in [2.05, 4.69) is 0 Å². The molecular weight excluding hydrogens is 271 g/mol. The van der Waals surface area contributed by atoms with Gasteiger partial charge in [0.15, 0.2) is 6.61 Å². The van der Waals surface area contributed by atoms with Crippen molar-refractivity contribution in [3.8, 4) is 5.75 Å². The SMILES string of the molecule is NCCc1cc(F)ccc1OCC(=O)N1CCCCCC1. The number of ether oxygens (including phenoxy) is 1. The first-order chi connectivity index (χ1) is 10.2. The van der Waals surface area contributed by atoms with Crippen molar-refractivity contribution in [2.45, 2.75) is 32.1 Å². The summed E-state index contributed by atoms with van der Waals surface area (Å²) in [5.74, 6) is 0.231. The quantitative estimate of drug-likeness (QED) is 0.905. The number of likely N-dealkylation sites (tertiary alicyclic amines) is 1. The summed E-state index contributed by atoms with van der Waals surface area (Å²) in [6.07, 6.45) is 5.01. The van der Waals surface area contributed by atoms with Crippen LogP contribution >= 0.6 is 0 Å². The third-order valence-electron chi connectivity index (χ3n) is 3.75. The molecule has 1 heterocycles. The van der Waals surface area contributed by atoms with Crippen LogP contribution in [0.1, 0.15) is 31.2 Å². The van der Waals surface area contributed by atoms with E-state index in [1.165, 1.54) is 25.0 Å². The average molecular weight is 294 g/mol. The van der Waals surface area contributed by atoms with Gasteiger partial charge in [-0.2, -0.15) is 0 Å². The summed E-state index contributed by atoms with van der Waals surface area (Å²) in [6.45, 7) is 2.03. The van der Waals surface area contributed by atoms with E-state index in [-0.39, 0.29) is 18.3 Å². The molecule has 116 valence electrons.